The predicted octanol–water partition coefficient (Wildman–Crippen LogP) is 3.01. The van der Waals surface area contributed by atoms with Crippen molar-refractivity contribution in [1.82, 2.24) is 5.32 Å². The first kappa shape index (κ1) is 19.3. The van der Waals surface area contributed by atoms with Gasteiger partial charge in [0.15, 0.2) is 11.5 Å². The molecule has 1 heterocycles. The Kier molecular flexibility index (Phi) is 6.90. The van der Waals surface area contributed by atoms with Crippen LogP contribution in [0.25, 0.3) is 0 Å². The fourth-order valence-electron chi connectivity index (χ4n) is 2.46. The van der Waals surface area contributed by atoms with Gasteiger partial charge in [0.1, 0.15) is 5.60 Å². The van der Waals surface area contributed by atoms with Crippen molar-refractivity contribution in [3.63, 3.8) is 0 Å². The van der Waals surface area contributed by atoms with Gasteiger partial charge in [-0.05, 0) is 58.2 Å². The number of hydrogen-bond acceptors (Lipinski definition) is 6. The summed E-state index contributed by atoms with van der Waals surface area (Å²) >= 11 is 0. The van der Waals surface area contributed by atoms with Crippen LogP contribution in [-0.4, -0.2) is 36.7 Å². The number of nitrogens with one attached hydrogen (secondary N) is 2. The second kappa shape index (κ2) is 8.92. The van der Waals surface area contributed by atoms with Crippen LogP contribution in [0, 0.1) is 0 Å². The number of aliphatic hydroxyl groups is 1. The van der Waals surface area contributed by atoms with E-state index >= 15 is 0 Å². The molecule has 1 aromatic carbocycles. The summed E-state index contributed by atoms with van der Waals surface area (Å²) in [6.07, 6.45) is 2.26. The largest absolute Gasteiger partial charge is 0.454 e. The van der Waals surface area contributed by atoms with Crippen LogP contribution in [0.5, 0.6) is 11.5 Å². The molecule has 7 heteroatoms. The second-order valence-electron chi connectivity index (χ2n) is 6.92. The first-order valence-electron chi connectivity index (χ1n) is 8.64. The maximum Gasteiger partial charge on any atom is 0.412 e. The number of anilines is 1. The van der Waals surface area contributed by atoms with Crippen molar-refractivity contribution in [2.24, 2.45) is 0 Å². The molecule has 0 saturated carbocycles. The Labute approximate surface area is 148 Å². The van der Waals surface area contributed by atoms with E-state index in [-0.39, 0.29) is 13.4 Å². The molecule has 0 unspecified atom stereocenters. The first-order valence-corrected chi connectivity index (χ1v) is 8.64. The number of fused-ring (bicyclic) bond motifs is 1. The topological polar surface area (TPSA) is 89.1 Å². The fraction of sp³-hybridized carbons (Fsp3) is 0.611. The number of benzene rings is 1. The average Bonchev–Trinajstić information content (AvgIpc) is 2.99. The Morgan fingerprint density at radius 1 is 1.24 bits per heavy atom. The van der Waals surface area contributed by atoms with E-state index in [9.17, 15) is 4.79 Å². The molecule has 0 spiro atoms. The summed E-state index contributed by atoms with van der Waals surface area (Å²) in [5, 5.41) is 14.9. The summed E-state index contributed by atoms with van der Waals surface area (Å²) in [6, 6.07) is 3.74. The highest BCUT2D eigenvalue weighted by molar-refractivity contribution is 5.89. The molecule has 1 amide bonds. The number of amides is 1. The monoisotopic (exact) mass is 352 g/mol. The molecule has 25 heavy (non-hydrogen) atoms. The van der Waals surface area contributed by atoms with Gasteiger partial charge >= 0.3 is 6.09 Å². The molecular weight excluding hydrogens is 324 g/mol. The Morgan fingerprint density at radius 3 is 2.76 bits per heavy atom. The zero-order valence-electron chi connectivity index (χ0n) is 15.2. The molecule has 7 nitrogen and oxygen atoms in total. The molecule has 0 fully saturated rings. The van der Waals surface area contributed by atoms with Gasteiger partial charge in [-0.25, -0.2) is 4.79 Å². The van der Waals surface area contributed by atoms with Crippen LogP contribution in [0.1, 0.15) is 45.6 Å². The zero-order valence-corrected chi connectivity index (χ0v) is 15.2. The number of ether oxygens (including phenoxy) is 3. The number of carbonyl (C=O) groups is 1. The van der Waals surface area contributed by atoms with E-state index in [0.717, 1.165) is 31.4 Å². The van der Waals surface area contributed by atoms with Crippen LogP contribution >= 0.6 is 0 Å². The van der Waals surface area contributed by atoms with Crippen LogP contribution in [0.2, 0.25) is 0 Å². The third kappa shape index (κ3) is 6.10. The number of hydrogen-bond donors (Lipinski definition) is 3. The van der Waals surface area contributed by atoms with Crippen molar-refractivity contribution < 1.29 is 24.1 Å². The lowest BCUT2D eigenvalue weighted by molar-refractivity contribution is 0.0635. The highest BCUT2D eigenvalue weighted by Crippen LogP contribution is 2.41. The summed E-state index contributed by atoms with van der Waals surface area (Å²) in [6.45, 7) is 7.23. The third-order valence-corrected chi connectivity index (χ3v) is 3.58. The molecule has 0 saturated heterocycles. The van der Waals surface area contributed by atoms with Crippen LogP contribution < -0.4 is 20.1 Å². The molecule has 0 aliphatic carbocycles. The summed E-state index contributed by atoms with van der Waals surface area (Å²) in [7, 11) is 0. The standard InChI is InChI=1S/C18H28N2O5/c1-18(2,3)25-17(22)20-15-13(11-19-9-5-4-6-10-21)7-8-14-16(15)24-12-23-14/h7-8,19,21H,4-6,9-12H2,1-3H3,(H,20,22). The van der Waals surface area contributed by atoms with Gasteiger partial charge < -0.3 is 24.6 Å². The summed E-state index contributed by atoms with van der Waals surface area (Å²) < 4.78 is 16.2. The lowest BCUT2D eigenvalue weighted by atomic mass is 10.1. The second-order valence-corrected chi connectivity index (χ2v) is 6.92. The lowest BCUT2D eigenvalue weighted by Gasteiger charge is -2.21. The van der Waals surface area contributed by atoms with Gasteiger partial charge in [-0.2, -0.15) is 0 Å². The minimum atomic E-state index is -0.579. The molecule has 1 aliphatic rings. The van der Waals surface area contributed by atoms with Gasteiger partial charge in [0, 0.05) is 13.2 Å². The van der Waals surface area contributed by atoms with Gasteiger partial charge in [0.2, 0.25) is 6.79 Å². The van der Waals surface area contributed by atoms with E-state index in [1.807, 2.05) is 32.9 Å². The van der Waals surface area contributed by atoms with Crippen LogP contribution in [-0.2, 0) is 11.3 Å². The highest BCUT2D eigenvalue weighted by atomic mass is 16.7. The molecule has 0 atom stereocenters. The highest BCUT2D eigenvalue weighted by Gasteiger charge is 2.24. The van der Waals surface area contributed by atoms with Crippen LogP contribution in [0.3, 0.4) is 0 Å². The van der Waals surface area contributed by atoms with Gasteiger partial charge in [0.05, 0.1) is 5.69 Å². The van der Waals surface area contributed by atoms with E-state index in [2.05, 4.69) is 10.6 Å². The zero-order chi connectivity index (χ0) is 18.3. The molecule has 3 N–H and O–H groups in total. The lowest BCUT2D eigenvalue weighted by Crippen LogP contribution is -2.28. The van der Waals surface area contributed by atoms with Crippen molar-refractivity contribution in [2.75, 3.05) is 25.3 Å². The molecule has 140 valence electrons. The smallest absolute Gasteiger partial charge is 0.412 e. The average molecular weight is 352 g/mol. The number of unbranched alkanes of at least 4 members (excludes halogenated alkanes) is 2. The van der Waals surface area contributed by atoms with Gasteiger partial charge in [-0.1, -0.05) is 6.07 Å². The molecule has 1 aliphatic heterocycles. The quantitative estimate of drug-likeness (QED) is 0.623. The molecular formula is C18H28N2O5. The van der Waals surface area contributed by atoms with Crippen molar-refractivity contribution in [2.45, 2.75) is 52.2 Å². The van der Waals surface area contributed by atoms with Gasteiger partial charge in [-0.3, -0.25) is 5.32 Å². The number of aliphatic hydroxyl groups excluding tert-OH is 1. The molecule has 0 bridgehead atoms. The Hall–Kier alpha value is -1.99. The summed E-state index contributed by atoms with van der Waals surface area (Å²) in [4.78, 5) is 12.2. The van der Waals surface area contributed by atoms with E-state index < -0.39 is 11.7 Å². The van der Waals surface area contributed by atoms with E-state index in [4.69, 9.17) is 19.3 Å². The molecule has 2 rings (SSSR count). The van der Waals surface area contributed by atoms with E-state index in [0.29, 0.717) is 23.7 Å². The maximum atomic E-state index is 12.2. The molecule has 0 aromatic heterocycles. The van der Waals surface area contributed by atoms with Gasteiger partial charge in [0.25, 0.3) is 0 Å². The first-order chi connectivity index (χ1) is 11.9. The number of carbonyl (C=O) groups excluding carboxylic acids is 1. The molecule has 1 aromatic rings. The number of rotatable bonds is 8. The minimum absolute atomic E-state index is 0.135. The van der Waals surface area contributed by atoms with Crippen molar-refractivity contribution in [1.29, 1.82) is 0 Å². The van der Waals surface area contributed by atoms with Crippen molar-refractivity contribution in [3.05, 3.63) is 17.7 Å². The maximum absolute atomic E-state index is 12.2. The Bertz CT molecular complexity index is 584. The third-order valence-electron chi connectivity index (χ3n) is 3.58. The van der Waals surface area contributed by atoms with Crippen molar-refractivity contribution >= 4 is 11.8 Å². The summed E-state index contributed by atoms with van der Waals surface area (Å²) in [5.74, 6) is 1.14. The van der Waals surface area contributed by atoms with E-state index in [1.54, 1.807) is 0 Å². The predicted molar refractivity (Wildman–Crippen MR) is 95.1 cm³/mol. The SMILES string of the molecule is CC(C)(C)OC(=O)Nc1c(CNCCCCCO)ccc2c1OCO2. The molecule has 0 radical (unpaired) electrons. The summed E-state index contributed by atoms with van der Waals surface area (Å²) in [5.41, 5.74) is 0.897. The van der Waals surface area contributed by atoms with Crippen LogP contribution in [0.4, 0.5) is 10.5 Å². The van der Waals surface area contributed by atoms with E-state index in [1.165, 1.54) is 0 Å². The van der Waals surface area contributed by atoms with Crippen LogP contribution in [0.15, 0.2) is 12.1 Å². The fourth-order valence-corrected chi connectivity index (χ4v) is 2.46. The normalized spacial score (nSPS) is 13.0. The minimum Gasteiger partial charge on any atom is -0.454 e. The van der Waals surface area contributed by atoms with Gasteiger partial charge in [-0.15, -0.1) is 0 Å². The Morgan fingerprint density at radius 2 is 2.04 bits per heavy atom. The Balaban J connectivity index is 2.02. The van der Waals surface area contributed by atoms with Crippen molar-refractivity contribution in [3.8, 4) is 11.5 Å².